The van der Waals surface area contributed by atoms with Crippen LogP contribution < -0.4 is 0 Å². The molecular weight excluding hydrogens is 404 g/mol. The zero-order valence-corrected chi connectivity index (χ0v) is 23.3. The fraction of sp³-hybridized carbons (Fsp3) is 1.00. The summed E-state index contributed by atoms with van der Waals surface area (Å²) in [6.07, 6.45) is 9.24. The van der Waals surface area contributed by atoms with E-state index in [2.05, 4.69) is 20.8 Å². The van der Waals surface area contributed by atoms with E-state index in [1.807, 2.05) is 0 Å². The van der Waals surface area contributed by atoms with Crippen LogP contribution in [0.2, 0.25) is 5.54 Å². The lowest BCUT2D eigenvalue weighted by Gasteiger charge is -2.45. The van der Waals surface area contributed by atoms with E-state index in [1.165, 1.54) is 38.5 Å². The first kappa shape index (κ1) is 26.5. The molecule has 2 fully saturated rings. The summed E-state index contributed by atoms with van der Waals surface area (Å²) in [7, 11) is -0.728. The maximum absolute atomic E-state index is 6.36. The van der Waals surface area contributed by atoms with Crippen molar-refractivity contribution in [2.45, 2.75) is 95.6 Å². The molecule has 0 aliphatic carbocycles. The highest BCUT2D eigenvalue weighted by molar-refractivity contribution is 6.62. The van der Waals surface area contributed by atoms with Crippen molar-refractivity contribution in [3.63, 3.8) is 0 Å². The third-order valence-corrected chi connectivity index (χ3v) is 11.9. The second-order valence-corrected chi connectivity index (χ2v) is 15.1. The zero-order chi connectivity index (χ0) is 19.8. The molecule has 168 valence electrons. The molecule has 0 aromatic heterocycles. The van der Waals surface area contributed by atoms with Crippen molar-refractivity contribution in [2.24, 2.45) is 0 Å². The molecule has 2 saturated heterocycles. The molecule has 5 nitrogen and oxygen atoms in total. The third kappa shape index (κ3) is 7.30. The van der Waals surface area contributed by atoms with Crippen LogP contribution in [0.25, 0.3) is 0 Å². The summed E-state index contributed by atoms with van der Waals surface area (Å²) < 4.78 is 31.8. The van der Waals surface area contributed by atoms with Crippen molar-refractivity contribution in [2.75, 3.05) is 33.0 Å². The number of rotatable bonds is 11. The normalized spacial score (nSPS) is 30.1. The molecule has 2 rings (SSSR count). The Morgan fingerprint density at radius 2 is 1.18 bits per heavy atom. The number of ether oxygens (including phenoxy) is 2. The topological polar surface area (TPSA) is 46.2 Å². The highest BCUT2D eigenvalue weighted by atomic mass is 28.4. The summed E-state index contributed by atoms with van der Waals surface area (Å²) in [4.78, 5) is 0. The molecule has 0 saturated carbocycles. The van der Waals surface area contributed by atoms with Crippen molar-refractivity contribution in [1.29, 1.82) is 0 Å². The van der Waals surface area contributed by atoms with Gasteiger partial charge in [-0.3, -0.25) is 0 Å². The Labute approximate surface area is 180 Å². The quantitative estimate of drug-likeness (QED) is 0.452. The van der Waals surface area contributed by atoms with Gasteiger partial charge < -0.3 is 22.8 Å². The van der Waals surface area contributed by atoms with Crippen LogP contribution in [0.3, 0.4) is 0 Å². The van der Waals surface area contributed by atoms with Gasteiger partial charge >= 0.3 is 8.80 Å². The monoisotopic (exact) mass is 450 g/mol. The molecule has 2 aliphatic heterocycles. The van der Waals surface area contributed by atoms with Crippen molar-refractivity contribution in [3.8, 4) is 0 Å². The summed E-state index contributed by atoms with van der Waals surface area (Å²) >= 11 is 0. The van der Waals surface area contributed by atoms with Gasteiger partial charge in [0.25, 0.3) is 0 Å². The molecule has 0 radical (unpaired) electrons. The Balaban J connectivity index is 0.00000392. The van der Waals surface area contributed by atoms with Gasteiger partial charge in [-0.05, 0) is 72.1 Å². The van der Waals surface area contributed by atoms with Gasteiger partial charge in [0.05, 0.1) is 0 Å². The SMILES string of the molecule is C.CCO[Si](OCC)(OCC)C(CC1([SiH3])CCCCO1)CC1([SiH3])CCCCO1. The number of hydrogen-bond donors (Lipinski definition) is 0. The molecule has 0 aromatic rings. The molecule has 2 atom stereocenters. The van der Waals surface area contributed by atoms with E-state index in [0.29, 0.717) is 19.8 Å². The third-order valence-electron chi connectivity index (χ3n) is 5.99. The van der Waals surface area contributed by atoms with Crippen LogP contribution in [0.1, 0.15) is 79.6 Å². The van der Waals surface area contributed by atoms with E-state index >= 15 is 0 Å². The van der Waals surface area contributed by atoms with Gasteiger partial charge in [0.15, 0.2) is 0 Å². The molecule has 0 spiro atoms. The molecule has 0 N–H and O–H groups in total. The van der Waals surface area contributed by atoms with Crippen LogP contribution in [-0.4, -0.2) is 72.8 Å². The molecule has 0 aromatic carbocycles. The summed E-state index contributed by atoms with van der Waals surface area (Å²) in [5, 5.41) is 0.0537. The molecule has 0 amide bonds. The maximum Gasteiger partial charge on any atom is 0.504 e. The molecule has 8 heteroatoms. The minimum atomic E-state index is -2.80. The second-order valence-electron chi connectivity index (χ2n) is 8.52. The minimum Gasteiger partial charge on any atom is -0.380 e. The van der Waals surface area contributed by atoms with Gasteiger partial charge in [-0.25, -0.2) is 0 Å². The van der Waals surface area contributed by atoms with Gasteiger partial charge in [-0.15, -0.1) is 0 Å². The van der Waals surface area contributed by atoms with Crippen LogP contribution in [0, 0.1) is 0 Å². The smallest absolute Gasteiger partial charge is 0.380 e. The first-order valence-electron chi connectivity index (χ1n) is 11.1. The number of hydrogen-bond acceptors (Lipinski definition) is 5. The largest absolute Gasteiger partial charge is 0.504 e. The van der Waals surface area contributed by atoms with Crippen molar-refractivity contribution < 1.29 is 22.8 Å². The van der Waals surface area contributed by atoms with Gasteiger partial charge in [-0.1, -0.05) is 7.43 Å². The van der Waals surface area contributed by atoms with Crippen molar-refractivity contribution in [1.82, 2.24) is 0 Å². The standard InChI is InChI=1S/C19H42O5Si3.CH4/c1-4-22-27(23-5-2,24-6-3)17(15-18(25)11-7-9-13-20-18)16-19(26)12-8-10-14-21-19;/h17H,4-16H2,1-3,25-26H3;1H4. The zero-order valence-electron chi connectivity index (χ0n) is 18.3. The van der Waals surface area contributed by atoms with Crippen molar-refractivity contribution in [3.05, 3.63) is 0 Å². The van der Waals surface area contributed by atoms with Gasteiger partial charge in [0.1, 0.15) is 0 Å². The van der Waals surface area contributed by atoms with Gasteiger partial charge in [0, 0.05) is 69.5 Å². The predicted octanol–water partition coefficient (Wildman–Crippen LogP) is 2.35. The fourth-order valence-corrected chi connectivity index (χ4v) is 11.2. The first-order chi connectivity index (χ1) is 12.9. The highest BCUT2D eigenvalue weighted by Crippen LogP contribution is 2.44. The Kier molecular flexibility index (Phi) is 11.7. The second kappa shape index (κ2) is 12.3. The van der Waals surface area contributed by atoms with E-state index in [9.17, 15) is 0 Å². The molecule has 2 unspecified atom stereocenters. The summed E-state index contributed by atoms with van der Waals surface area (Å²) in [5.41, 5.74) is 0.253. The van der Waals surface area contributed by atoms with Crippen LogP contribution in [0.15, 0.2) is 0 Å². The summed E-state index contributed by atoms with van der Waals surface area (Å²) in [6.45, 7) is 9.84. The average molecular weight is 451 g/mol. The molecule has 0 bridgehead atoms. The van der Waals surface area contributed by atoms with E-state index in [0.717, 1.165) is 46.5 Å². The van der Waals surface area contributed by atoms with E-state index in [4.69, 9.17) is 22.8 Å². The summed E-state index contributed by atoms with van der Waals surface area (Å²) in [6, 6.07) is 0. The van der Waals surface area contributed by atoms with Crippen LogP contribution >= 0.6 is 0 Å². The molecule has 2 heterocycles. The maximum atomic E-state index is 6.36. The first-order valence-corrected chi connectivity index (χ1v) is 14.9. The van der Waals surface area contributed by atoms with Crippen LogP contribution in [-0.2, 0) is 22.8 Å². The van der Waals surface area contributed by atoms with E-state index in [-0.39, 0.29) is 23.4 Å². The average Bonchev–Trinajstić information content (AvgIpc) is 2.62. The Hall–Kier alpha value is 0.451. The minimum absolute atomic E-state index is 0. The van der Waals surface area contributed by atoms with Crippen molar-refractivity contribution >= 4 is 29.3 Å². The lowest BCUT2D eigenvalue weighted by atomic mass is 9.97. The van der Waals surface area contributed by atoms with E-state index in [1.54, 1.807) is 0 Å². The lowest BCUT2D eigenvalue weighted by molar-refractivity contribution is -0.0524. The van der Waals surface area contributed by atoms with Crippen LogP contribution in [0.4, 0.5) is 0 Å². The highest BCUT2D eigenvalue weighted by Gasteiger charge is 2.54. The van der Waals surface area contributed by atoms with E-state index < -0.39 is 8.80 Å². The molecule has 2 aliphatic rings. The lowest BCUT2D eigenvalue weighted by Crippen LogP contribution is -2.55. The predicted molar refractivity (Wildman–Crippen MR) is 125 cm³/mol. The Morgan fingerprint density at radius 1 is 0.786 bits per heavy atom. The Bertz CT molecular complexity index is 383. The molecule has 28 heavy (non-hydrogen) atoms. The Morgan fingerprint density at radius 3 is 1.46 bits per heavy atom. The van der Waals surface area contributed by atoms with Gasteiger partial charge in [-0.2, -0.15) is 0 Å². The van der Waals surface area contributed by atoms with Gasteiger partial charge in [0.2, 0.25) is 0 Å². The molecular formula is C20H46O5Si3. The summed E-state index contributed by atoms with van der Waals surface area (Å²) in [5.74, 6) is 0. The fourth-order valence-electron chi connectivity index (χ4n) is 4.75. The van der Waals surface area contributed by atoms with Crippen LogP contribution in [0.5, 0.6) is 0 Å².